The highest BCUT2D eigenvalue weighted by atomic mass is 16.5. The number of rotatable bonds is 11. The van der Waals surface area contributed by atoms with Gasteiger partial charge >= 0.3 is 0 Å². The molecule has 29 heavy (non-hydrogen) atoms. The van der Waals surface area contributed by atoms with Crippen LogP contribution in [0.25, 0.3) is 0 Å². The van der Waals surface area contributed by atoms with Crippen molar-refractivity contribution in [1.82, 2.24) is 4.90 Å². The third kappa shape index (κ3) is 6.63. The van der Waals surface area contributed by atoms with Gasteiger partial charge in [0.15, 0.2) is 11.5 Å². The van der Waals surface area contributed by atoms with Crippen molar-refractivity contribution in [3.8, 4) is 17.2 Å². The molecule has 2 aromatic carbocycles. The van der Waals surface area contributed by atoms with Crippen LogP contribution in [0.2, 0.25) is 0 Å². The van der Waals surface area contributed by atoms with E-state index in [-0.39, 0.29) is 12.7 Å². The second-order valence-electron chi connectivity index (χ2n) is 7.30. The lowest BCUT2D eigenvalue weighted by Crippen LogP contribution is -2.39. The molecule has 1 N–H and O–H groups in total. The fourth-order valence-electron chi connectivity index (χ4n) is 3.58. The number of methoxy groups -OCH3 is 2. The van der Waals surface area contributed by atoms with Gasteiger partial charge in [-0.15, -0.1) is 0 Å². The van der Waals surface area contributed by atoms with E-state index in [0.29, 0.717) is 24.6 Å². The molecule has 6 nitrogen and oxygen atoms in total. The highest BCUT2D eigenvalue weighted by Gasteiger charge is 2.22. The van der Waals surface area contributed by atoms with Crippen LogP contribution in [0.5, 0.6) is 17.2 Å². The predicted molar refractivity (Wildman–Crippen MR) is 112 cm³/mol. The summed E-state index contributed by atoms with van der Waals surface area (Å²) in [5.41, 5.74) is 1.09. The van der Waals surface area contributed by atoms with Crippen molar-refractivity contribution in [3.63, 3.8) is 0 Å². The topological polar surface area (TPSA) is 60.4 Å². The zero-order chi connectivity index (χ0) is 20.5. The number of hydrogen-bond acceptors (Lipinski definition) is 6. The molecule has 0 radical (unpaired) electrons. The molecule has 0 unspecified atom stereocenters. The highest BCUT2D eigenvalue weighted by molar-refractivity contribution is 5.42. The number of aliphatic hydroxyl groups is 1. The van der Waals surface area contributed by atoms with Crippen molar-refractivity contribution >= 4 is 0 Å². The Labute approximate surface area is 173 Å². The van der Waals surface area contributed by atoms with Crippen LogP contribution < -0.4 is 14.2 Å². The van der Waals surface area contributed by atoms with E-state index >= 15 is 0 Å². The molecule has 2 aromatic rings. The quantitative estimate of drug-likeness (QED) is 0.624. The summed E-state index contributed by atoms with van der Waals surface area (Å²) in [6.07, 6.45) is 1.75. The Hall–Kier alpha value is -2.28. The summed E-state index contributed by atoms with van der Waals surface area (Å²) in [4.78, 5) is 2.22. The maximum atomic E-state index is 10.6. The lowest BCUT2D eigenvalue weighted by Gasteiger charge is -2.27. The Morgan fingerprint density at radius 3 is 2.59 bits per heavy atom. The lowest BCUT2D eigenvalue weighted by atomic mass is 10.1. The minimum atomic E-state index is -0.600. The van der Waals surface area contributed by atoms with Gasteiger partial charge in [-0.25, -0.2) is 0 Å². The van der Waals surface area contributed by atoms with Gasteiger partial charge in [0.2, 0.25) is 0 Å². The van der Waals surface area contributed by atoms with Gasteiger partial charge in [0.1, 0.15) is 18.5 Å². The normalized spacial score (nSPS) is 17.3. The van der Waals surface area contributed by atoms with Crippen LogP contribution in [0, 0.1) is 0 Å². The van der Waals surface area contributed by atoms with E-state index in [0.717, 1.165) is 37.3 Å². The number of benzene rings is 2. The first-order chi connectivity index (χ1) is 14.2. The van der Waals surface area contributed by atoms with Crippen molar-refractivity contribution in [2.45, 2.75) is 31.6 Å². The lowest BCUT2D eigenvalue weighted by molar-refractivity contribution is 0.0313. The summed E-state index contributed by atoms with van der Waals surface area (Å²) >= 11 is 0. The molecule has 0 spiro atoms. The largest absolute Gasteiger partial charge is 0.493 e. The first kappa shape index (κ1) is 21.4. The standard InChI is InChI=1S/C23H31NO5/c1-26-22-11-10-18(13-23(22)27-2)14-24(16-21-9-6-12-28-21)15-19(25)17-29-20-7-4-3-5-8-20/h3-5,7-8,10-11,13,19,21,25H,6,9,12,14-17H2,1-2H3/t19-,21-/m1/s1. The van der Waals surface area contributed by atoms with Crippen LogP contribution in [-0.2, 0) is 11.3 Å². The van der Waals surface area contributed by atoms with E-state index in [1.54, 1.807) is 14.2 Å². The van der Waals surface area contributed by atoms with Gasteiger partial charge in [-0.05, 0) is 42.7 Å². The van der Waals surface area contributed by atoms with E-state index in [1.165, 1.54) is 0 Å². The third-order valence-electron chi connectivity index (χ3n) is 4.99. The monoisotopic (exact) mass is 401 g/mol. The van der Waals surface area contributed by atoms with Crippen molar-refractivity contribution in [1.29, 1.82) is 0 Å². The minimum Gasteiger partial charge on any atom is -0.493 e. The molecule has 1 saturated heterocycles. The number of hydrogen-bond donors (Lipinski definition) is 1. The van der Waals surface area contributed by atoms with E-state index < -0.39 is 6.10 Å². The van der Waals surface area contributed by atoms with E-state index in [1.807, 2.05) is 48.5 Å². The maximum absolute atomic E-state index is 10.6. The Morgan fingerprint density at radius 1 is 1.10 bits per heavy atom. The maximum Gasteiger partial charge on any atom is 0.161 e. The average Bonchev–Trinajstić information content (AvgIpc) is 3.26. The summed E-state index contributed by atoms with van der Waals surface area (Å²) in [5.74, 6) is 2.17. The fraction of sp³-hybridized carbons (Fsp3) is 0.478. The van der Waals surface area contributed by atoms with Gasteiger partial charge in [-0.2, -0.15) is 0 Å². The Bertz CT molecular complexity index is 733. The van der Waals surface area contributed by atoms with E-state index in [2.05, 4.69) is 4.90 Å². The van der Waals surface area contributed by atoms with Crippen LogP contribution >= 0.6 is 0 Å². The second kappa shape index (κ2) is 11.0. The Kier molecular flexibility index (Phi) is 8.16. The molecule has 2 atom stereocenters. The summed E-state index contributed by atoms with van der Waals surface area (Å²) in [6, 6.07) is 15.5. The van der Waals surface area contributed by atoms with Crippen molar-refractivity contribution < 1.29 is 24.1 Å². The summed E-state index contributed by atoms with van der Waals surface area (Å²) in [6.45, 7) is 3.02. The van der Waals surface area contributed by atoms with Gasteiger partial charge < -0.3 is 24.1 Å². The first-order valence-corrected chi connectivity index (χ1v) is 10.1. The minimum absolute atomic E-state index is 0.206. The van der Waals surface area contributed by atoms with Crippen molar-refractivity contribution in [3.05, 3.63) is 54.1 Å². The second-order valence-corrected chi connectivity index (χ2v) is 7.30. The van der Waals surface area contributed by atoms with Crippen LogP contribution in [-0.4, -0.2) is 62.7 Å². The van der Waals surface area contributed by atoms with E-state index in [9.17, 15) is 5.11 Å². The molecule has 3 rings (SSSR count). The van der Waals surface area contributed by atoms with Crippen LogP contribution in [0.4, 0.5) is 0 Å². The average molecular weight is 402 g/mol. The number of nitrogens with zero attached hydrogens (tertiary/aromatic N) is 1. The van der Waals surface area contributed by atoms with E-state index in [4.69, 9.17) is 18.9 Å². The molecule has 158 valence electrons. The predicted octanol–water partition coefficient (Wildman–Crippen LogP) is 3.12. The zero-order valence-corrected chi connectivity index (χ0v) is 17.3. The van der Waals surface area contributed by atoms with Gasteiger partial charge in [0.25, 0.3) is 0 Å². The molecule has 1 fully saturated rings. The van der Waals surface area contributed by atoms with Crippen molar-refractivity contribution in [2.75, 3.05) is 40.5 Å². The molecule has 1 aliphatic rings. The summed E-state index contributed by atoms with van der Waals surface area (Å²) in [5, 5.41) is 10.6. The first-order valence-electron chi connectivity index (χ1n) is 10.1. The van der Waals surface area contributed by atoms with Crippen molar-refractivity contribution in [2.24, 2.45) is 0 Å². The molecule has 0 aliphatic carbocycles. The van der Waals surface area contributed by atoms with Gasteiger partial charge in [0.05, 0.1) is 20.3 Å². The summed E-state index contributed by atoms with van der Waals surface area (Å²) < 4.78 is 22.3. The molecular weight excluding hydrogens is 370 g/mol. The van der Waals surface area contributed by atoms with Gasteiger partial charge in [0, 0.05) is 26.2 Å². The Balaban J connectivity index is 1.62. The smallest absolute Gasteiger partial charge is 0.161 e. The number of ether oxygens (including phenoxy) is 4. The zero-order valence-electron chi connectivity index (χ0n) is 17.3. The molecular formula is C23H31NO5. The molecule has 6 heteroatoms. The van der Waals surface area contributed by atoms with Gasteiger partial charge in [-0.3, -0.25) is 4.90 Å². The third-order valence-corrected chi connectivity index (χ3v) is 4.99. The van der Waals surface area contributed by atoms with Crippen LogP contribution in [0.3, 0.4) is 0 Å². The number of aliphatic hydroxyl groups excluding tert-OH is 1. The SMILES string of the molecule is COc1ccc(CN(C[C@@H](O)COc2ccccc2)C[C@H]2CCCO2)cc1OC. The van der Waals surface area contributed by atoms with Gasteiger partial charge in [-0.1, -0.05) is 24.3 Å². The molecule has 1 heterocycles. The molecule has 0 amide bonds. The molecule has 0 bridgehead atoms. The highest BCUT2D eigenvalue weighted by Crippen LogP contribution is 2.28. The fourth-order valence-corrected chi connectivity index (χ4v) is 3.58. The number of para-hydroxylation sites is 1. The molecule has 0 saturated carbocycles. The molecule has 0 aromatic heterocycles. The summed E-state index contributed by atoms with van der Waals surface area (Å²) in [7, 11) is 3.26. The van der Waals surface area contributed by atoms with Crippen LogP contribution in [0.1, 0.15) is 18.4 Å². The van der Waals surface area contributed by atoms with Crippen LogP contribution in [0.15, 0.2) is 48.5 Å². The molecule has 1 aliphatic heterocycles. The Morgan fingerprint density at radius 2 is 1.90 bits per heavy atom.